The first-order valence-electron chi connectivity index (χ1n) is 6.64. The van der Waals surface area contributed by atoms with Gasteiger partial charge in [0, 0.05) is 5.69 Å². The maximum atomic E-state index is 13.4. The maximum absolute atomic E-state index is 13.4. The van der Waals surface area contributed by atoms with Crippen molar-refractivity contribution in [1.82, 2.24) is 0 Å². The Balaban J connectivity index is 1.93. The molecule has 2 aromatic rings. The fourth-order valence-electron chi connectivity index (χ4n) is 1.84. The number of nitrogens with one attached hydrogen (secondary N) is 2. The third-order valence-electron chi connectivity index (χ3n) is 3.00. The number of rotatable bonds is 5. The van der Waals surface area contributed by atoms with E-state index in [4.69, 9.17) is 5.26 Å². The molecule has 2 N–H and O–H groups in total. The zero-order valence-electron chi connectivity index (χ0n) is 11.9. The van der Waals surface area contributed by atoms with E-state index in [0.29, 0.717) is 5.69 Å². The average molecular weight is 319 g/mol. The highest BCUT2D eigenvalue weighted by molar-refractivity contribution is 5.93. The highest BCUT2D eigenvalue weighted by atomic mass is 19.2. The number of carbonyl (C=O) groups excluding carboxylic acids is 1. The second kappa shape index (κ2) is 7.31. The third kappa shape index (κ3) is 4.23. The Morgan fingerprint density at radius 1 is 1.04 bits per heavy atom. The van der Waals surface area contributed by atoms with Gasteiger partial charge in [-0.2, -0.15) is 5.26 Å². The quantitative estimate of drug-likeness (QED) is 0.832. The molecule has 0 saturated carbocycles. The number of hydrogen-bond donors (Lipinski definition) is 2. The van der Waals surface area contributed by atoms with E-state index in [9.17, 15) is 18.0 Å². The number of carbonyl (C=O) groups is 1. The Hall–Kier alpha value is -3.01. The van der Waals surface area contributed by atoms with Crippen molar-refractivity contribution in [2.45, 2.75) is 6.42 Å². The highest BCUT2D eigenvalue weighted by Crippen LogP contribution is 2.19. The molecule has 7 heteroatoms. The molecule has 0 aliphatic carbocycles. The Kier molecular flexibility index (Phi) is 5.20. The topological polar surface area (TPSA) is 64.9 Å². The molecule has 2 rings (SSSR count). The Morgan fingerprint density at radius 3 is 2.39 bits per heavy atom. The van der Waals surface area contributed by atoms with Crippen molar-refractivity contribution in [2.24, 2.45) is 0 Å². The molecule has 0 aliphatic rings. The van der Waals surface area contributed by atoms with E-state index in [1.54, 1.807) is 24.3 Å². The standard InChI is InChI=1S/C16H12F3N3O/c17-12-5-6-13(16(19)15(12)18)21-9-14(23)22-11-3-1-10(2-4-11)7-8-20/h1-6,21H,7,9H2,(H,22,23). The van der Waals surface area contributed by atoms with Crippen LogP contribution in [-0.2, 0) is 11.2 Å². The number of amides is 1. The van der Waals surface area contributed by atoms with E-state index in [1.165, 1.54) is 0 Å². The molecule has 23 heavy (non-hydrogen) atoms. The van der Waals surface area contributed by atoms with Crippen molar-refractivity contribution >= 4 is 17.3 Å². The second-order valence-corrected chi connectivity index (χ2v) is 4.66. The molecular formula is C16H12F3N3O. The van der Waals surface area contributed by atoms with Crippen LogP contribution in [0.4, 0.5) is 24.5 Å². The molecule has 0 aromatic heterocycles. The fourth-order valence-corrected chi connectivity index (χ4v) is 1.84. The van der Waals surface area contributed by atoms with E-state index in [0.717, 1.165) is 17.7 Å². The van der Waals surface area contributed by atoms with Gasteiger partial charge in [-0.15, -0.1) is 0 Å². The zero-order valence-corrected chi connectivity index (χ0v) is 11.9. The molecule has 4 nitrogen and oxygen atoms in total. The number of halogens is 3. The van der Waals surface area contributed by atoms with Gasteiger partial charge in [0.15, 0.2) is 17.5 Å². The minimum Gasteiger partial charge on any atom is -0.374 e. The van der Waals surface area contributed by atoms with Gasteiger partial charge in [-0.25, -0.2) is 13.2 Å². The zero-order chi connectivity index (χ0) is 16.8. The largest absolute Gasteiger partial charge is 0.374 e. The molecule has 2 aromatic carbocycles. The van der Waals surface area contributed by atoms with Crippen molar-refractivity contribution in [2.75, 3.05) is 17.2 Å². The van der Waals surface area contributed by atoms with Gasteiger partial charge in [-0.05, 0) is 29.8 Å². The normalized spacial score (nSPS) is 10.0. The Bertz CT molecular complexity index is 754. The SMILES string of the molecule is N#CCc1ccc(NC(=O)CNc2ccc(F)c(F)c2F)cc1. The van der Waals surface area contributed by atoms with Gasteiger partial charge >= 0.3 is 0 Å². The number of nitrogens with zero attached hydrogens (tertiary/aromatic N) is 1. The molecule has 0 saturated heterocycles. The third-order valence-corrected chi connectivity index (χ3v) is 3.00. The van der Waals surface area contributed by atoms with Crippen LogP contribution in [0.1, 0.15) is 5.56 Å². The fraction of sp³-hybridized carbons (Fsp3) is 0.125. The molecule has 118 valence electrons. The molecule has 0 aliphatic heterocycles. The molecular weight excluding hydrogens is 307 g/mol. The molecule has 0 unspecified atom stereocenters. The molecule has 1 amide bonds. The van der Waals surface area contributed by atoms with E-state index >= 15 is 0 Å². The van der Waals surface area contributed by atoms with Gasteiger partial charge in [0.2, 0.25) is 5.91 Å². The van der Waals surface area contributed by atoms with Crippen molar-refractivity contribution in [3.8, 4) is 6.07 Å². The van der Waals surface area contributed by atoms with E-state index < -0.39 is 23.4 Å². The summed E-state index contributed by atoms with van der Waals surface area (Å²) in [5.41, 5.74) is 1.01. The van der Waals surface area contributed by atoms with Gasteiger partial charge in [-0.1, -0.05) is 12.1 Å². The monoisotopic (exact) mass is 319 g/mol. The first-order valence-corrected chi connectivity index (χ1v) is 6.64. The summed E-state index contributed by atoms with van der Waals surface area (Å²) in [4.78, 5) is 11.7. The van der Waals surface area contributed by atoms with Crippen LogP contribution in [-0.4, -0.2) is 12.5 Å². The van der Waals surface area contributed by atoms with Crippen LogP contribution in [0.3, 0.4) is 0 Å². The Morgan fingerprint density at radius 2 is 1.74 bits per heavy atom. The first kappa shape index (κ1) is 16.4. The van der Waals surface area contributed by atoms with Gasteiger partial charge in [-0.3, -0.25) is 4.79 Å². The lowest BCUT2D eigenvalue weighted by atomic mass is 10.1. The lowest BCUT2D eigenvalue weighted by Gasteiger charge is -2.09. The maximum Gasteiger partial charge on any atom is 0.243 e. The smallest absolute Gasteiger partial charge is 0.243 e. The summed E-state index contributed by atoms with van der Waals surface area (Å²) in [5, 5.41) is 13.5. The average Bonchev–Trinajstić information content (AvgIpc) is 2.54. The van der Waals surface area contributed by atoms with Gasteiger partial charge in [0.1, 0.15) is 0 Å². The van der Waals surface area contributed by atoms with Gasteiger partial charge < -0.3 is 10.6 Å². The molecule has 0 spiro atoms. The summed E-state index contributed by atoms with van der Waals surface area (Å²) in [7, 11) is 0. The number of hydrogen-bond acceptors (Lipinski definition) is 3. The second-order valence-electron chi connectivity index (χ2n) is 4.66. The summed E-state index contributed by atoms with van der Waals surface area (Å²) in [5.74, 6) is -4.75. The predicted octanol–water partition coefficient (Wildman–Crippen LogP) is 3.22. The van der Waals surface area contributed by atoms with E-state index in [2.05, 4.69) is 10.6 Å². The van der Waals surface area contributed by atoms with Crippen LogP contribution in [0.25, 0.3) is 0 Å². The minimum atomic E-state index is -1.59. The predicted molar refractivity (Wildman–Crippen MR) is 79.2 cm³/mol. The molecule has 0 atom stereocenters. The highest BCUT2D eigenvalue weighted by Gasteiger charge is 2.13. The van der Waals surface area contributed by atoms with Crippen LogP contribution in [0.15, 0.2) is 36.4 Å². The van der Waals surface area contributed by atoms with Crippen molar-refractivity contribution in [1.29, 1.82) is 5.26 Å². The Labute approximate surface area is 130 Å². The summed E-state index contributed by atoms with van der Waals surface area (Å²) in [6.07, 6.45) is 0.269. The van der Waals surface area contributed by atoms with Crippen molar-refractivity contribution < 1.29 is 18.0 Å². The van der Waals surface area contributed by atoms with E-state index in [1.807, 2.05) is 6.07 Å². The number of nitriles is 1. The minimum absolute atomic E-state index is 0.269. The van der Waals surface area contributed by atoms with E-state index in [-0.39, 0.29) is 18.7 Å². The van der Waals surface area contributed by atoms with Gasteiger partial charge in [0.25, 0.3) is 0 Å². The lowest BCUT2D eigenvalue weighted by Crippen LogP contribution is -2.22. The van der Waals surface area contributed by atoms with Crippen LogP contribution < -0.4 is 10.6 Å². The molecule has 0 heterocycles. The van der Waals surface area contributed by atoms with Crippen LogP contribution in [0.5, 0.6) is 0 Å². The summed E-state index contributed by atoms with van der Waals surface area (Å²) in [6.45, 7) is -0.318. The first-order chi connectivity index (χ1) is 11.0. The van der Waals surface area contributed by atoms with Crippen LogP contribution >= 0.6 is 0 Å². The lowest BCUT2D eigenvalue weighted by molar-refractivity contribution is -0.114. The van der Waals surface area contributed by atoms with Gasteiger partial charge in [0.05, 0.1) is 24.7 Å². The van der Waals surface area contributed by atoms with Crippen LogP contribution in [0, 0.1) is 28.8 Å². The van der Waals surface area contributed by atoms with Crippen LogP contribution in [0.2, 0.25) is 0 Å². The molecule has 0 fully saturated rings. The summed E-state index contributed by atoms with van der Waals surface area (Å²) < 4.78 is 39.3. The summed E-state index contributed by atoms with van der Waals surface area (Å²) in [6, 6.07) is 10.4. The molecule has 0 bridgehead atoms. The van der Waals surface area contributed by atoms with Crippen molar-refractivity contribution in [3.05, 3.63) is 59.4 Å². The molecule has 0 radical (unpaired) electrons. The summed E-state index contributed by atoms with van der Waals surface area (Å²) >= 11 is 0. The number of benzene rings is 2. The van der Waals surface area contributed by atoms with Crippen molar-refractivity contribution in [3.63, 3.8) is 0 Å². The number of anilines is 2.